The molecule has 10 heteroatoms. The van der Waals surface area contributed by atoms with E-state index in [1.165, 1.54) is 19.4 Å². The number of hydrogen-bond donors (Lipinski definition) is 1. The van der Waals surface area contributed by atoms with Crippen LogP contribution in [-0.4, -0.2) is 73.6 Å². The number of rotatable bonds is 7. The zero-order valence-electron chi connectivity index (χ0n) is 25.6. The molecule has 39 heavy (non-hydrogen) atoms. The van der Waals surface area contributed by atoms with Gasteiger partial charge in [-0.1, -0.05) is 20.8 Å². The van der Waals surface area contributed by atoms with E-state index in [4.69, 9.17) is 32.5 Å². The summed E-state index contributed by atoms with van der Waals surface area (Å²) in [5.41, 5.74) is 1.43. The first-order valence-corrected chi connectivity index (χ1v) is 19.4. The summed E-state index contributed by atoms with van der Waals surface area (Å²) in [5, 5.41) is 11.8. The second-order valence-corrected chi connectivity index (χ2v) is 21.7. The molecule has 1 N–H and O–H groups in total. The van der Waals surface area contributed by atoms with E-state index in [-0.39, 0.29) is 16.9 Å². The number of ether oxygens (including phenoxy) is 5. The number of fused-ring (bicyclic) bond motifs is 2. The van der Waals surface area contributed by atoms with E-state index in [0.717, 1.165) is 16.9 Å². The number of phenolic OH excluding ortho intramolecular Hbond substituents is 1. The summed E-state index contributed by atoms with van der Waals surface area (Å²) in [6.45, 7) is 20.1. The normalized spacial score (nSPS) is 27.9. The molecule has 2 aliphatic heterocycles. The Morgan fingerprint density at radius 2 is 1.54 bits per heavy atom. The van der Waals surface area contributed by atoms with Gasteiger partial charge in [-0.3, -0.25) is 0 Å². The van der Waals surface area contributed by atoms with Crippen LogP contribution in [0.1, 0.15) is 46.3 Å². The van der Waals surface area contributed by atoms with Crippen molar-refractivity contribution in [3.63, 3.8) is 0 Å². The minimum absolute atomic E-state index is 0.0378. The predicted octanol–water partition coefficient (Wildman–Crippen LogP) is 6.02. The Morgan fingerprint density at radius 3 is 2.05 bits per heavy atom. The van der Waals surface area contributed by atoms with Crippen LogP contribution in [0.5, 0.6) is 17.2 Å². The molecule has 0 spiro atoms. The highest BCUT2D eigenvalue weighted by Gasteiger charge is 2.57. The van der Waals surface area contributed by atoms with E-state index in [1.54, 1.807) is 19.2 Å². The van der Waals surface area contributed by atoms with Crippen LogP contribution in [0.4, 0.5) is 0 Å². The van der Waals surface area contributed by atoms with E-state index < -0.39 is 40.5 Å². The number of benzene rings is 1. The molecular formula is C29H46O8Si2. The van der Waals surface area contributed by atoms with Crippen LogP contribution < -0.4 is 9.47 Å². The first-order chi connectivity index (χ1) is 18.0. The summed E-state index contributed by atoms with van der Waals surface area (Å²) >= 11 is 0. The summed E-state index contributed by atoms with van der Waals surface area (Å²) in [5.74, 6) is 1.28. The fourth-order valence-electron chi connectivity index (χ4n) is 5.63. The predicted molar refractivity (Wildman–Crippen MR) is 155 cm³/mol. The molecule has 1 fully saturated rings. The van der Waals surface area contributed by atoms with Crippen molar-refractivity contribution < 1.29 is 37.6 Å². The van der Waals surface area contributed by atoms with E-state index in [1.807, 2.05) is 0 Å². The average Bonchev–Trinajstić information content (AvgIpc) is 3.04. The third kappa shape index (κ3) is 5.31. The fourth-order valence-corrected chi connectivity index (χ4v) is 10.1. The van der Waals surface area contributed by atoms with Gasteiger partial charge in [-0.2, -0.15) is 0 Å². The average molecular weight is 579 g/mol. The second kappa shape index (κ2) is 10.2. The summed E-state index contributed by atoms with van der Waals surface area (Å²) in [6, 6.07) is 3.57. The molecule has 1 aromatic rings. The fraction of sp³-hybridized carbons (Fsp3) is 0.655. The molecule has 1 aromatic carbocycles. The summed E-state index contributed by atoms with van der Waals surface area (Å²) in [7, 11) is 0.322. The van der Waals surface area contributed by atoms with Crippen molar-refractivity contribution >= 4 is 16.6 Å². The van der Waals surface area contributed by atoms with Crippen molar-refractivity contribution in [2.75, 3.05) is 27.9 Å². The number of hydrogen-bond acceptors (Lipinski definition) is 8. The Morgan fingerprint density at radius 1 is 0.949 bits per heavy atom. The maximum Gasteiger partial charge on any atom is 0.218 e. The molecule has 8 nitrogen and oxygen atoms in total. The van der Waals surface area contributed by atoms with Crippen molar-refractivity contribution in [1.82, 2.24) is 0 Å². The maximum absolute atomic E-state index is 10.6. The zero-order chi connectivity index (χ0) is 29.1. The monoisotopic (exact) mass is 578 g/mol. The molecule has 0 bridgehead atoms. The van der Waals surface area contributed by atoms with Gasteiger partial charge in [0.2, 0.25) is 14.1 Å². The Hall–Kier alpha value is -1.83. The molecule has 3 aliphatic rings. The largest absolute Gasteiger partial charge is 0.502 e. The lowest BCUT2D eigenvalue weighted by Gasteiger charge is -2.47. The molecule has 0 amide bonds. The van der Waals surface area contributed by atoms with Gasteiger partial charge in [-0.05, 0) is 79.6 Å². The van der Waals surface area contributed by atoms with Gasteiger partial charge in [-0.15, -0.1) is 0 Å². The van der Waals surface area contributed by atoms with Crippen LogP contribution >= 0.6 is 0 Å². The molecule has 4 rings (SSSR count). The zero-order valence-corrected chi connectivity index (χ0v) is 27.6. The maximum atomic E-state index is 10.6. The quantitative estimate of drug-likeness (QED) is 0.393. The third-order valence-corrected chi connectivity index (χ3v) is 16.0. The Bertz CT molecular complexity index is 1140. The van der Waals surface area contributed by atoms with Crippen LogP contribution in [0, 0.1) is 0 Å². The highest BCUT2D eigenvalue weighted by molar-refractivity contribution is 6.80. The van der Waals surface area contributed by atoms with Gasteiger partial charge in [0.1, 0.15) is 30.2 Å². The first-order valence-electron chi connectivity index (χ1n) is 13.6. The van der Waals surface area contributed by atoms with Crippen LogP contribution in [0.2, 0.25) is 31.2 Å². The van der Waals surface area contributed by atoms with Gasteiger partial charge in [0.25, 0.3) is 0 Å². The van der Waals surface area contributed by atoms with Crippen molar-refractivity contribution in [3.8, 4) is 17.2 Å². The Balaban J connectivity index is 1.81. The summed E-state index contributed by atoms with van der Waals surface area (Å²) in [6.07, 6.45) is 0.310. The topological polar surface area (TPSA) is 84.8 Å². The number of methoxy groups -OCH3 is 3. The Labute approximate surface area is 235 Å². The Kier molecular flexibility index (Phi) is 7.90. The molecule has 4 atom stereocenters. The number of phenols is 1. The van der Waals surface area contributed by atoms with Crippen molar-refractivity contribution in [1.29, 1.82) is 0 Å². The van der Waals surface area contributed by atoms with E-state index in [9.17, 15) is 5.11 Å². The van der Waals surface area contributed by atoms with E-state index in [2.05, 4.69) is 66.9 Å². The molecular weight excluding hydrogens is 532 g/mol. The molecule has 2 unspecified atom stereocenters. The third-order valence-electron chi connectivity index (χ3n) is 8.66. The minimum Gasteiger partial charge on any atom is -0.502 e. The van der Waals surface area contributed by atoms with Crippen molar-refractivity contribution in [3.05, 3.63) is 40.3 Å². The summed E-state index contributed by atoms with van der Waals surface area (Å²) in [4.78, 5) is 0. The highest BCUT2D eigenvalue weighted by Crippen LogP contribution is 2.52. The van der Waals surface area contributed by atoms with Crippen molar-refractivity contribution in [2.24, 2.45) is 0 Å². The van der Waals surface area contributed by atoms with Gasteiger partial charge in [0, 0.05) is 0 Å². The minimum atomic E-state index is -2.30. The second-order valence-electron chi connectivity index (χ2n) is 13.1. The standard InChI is InChI=1S/C29H46O8Si2/c1-28(2,3)39(11,12)34-16-22-24(17-13-19(31-6)23(30)20(14-17)32-7)36-26-25(35-22)21(33-8)15-18-27(26)38(9,10)37-29(18,4)5/h13-15,22,24-26,30H,16H2,1-12H3/t22-,24-,25?,26?/m0/s1. The van der Waals surface area contributed by atoms with Crippen molar-refractivity contribution in [2.45, 2.75) is 95.9 Å². The highest BCUT2D eigenvalue weighted by atomic mass is 28.4. The van der Waals surface area contributed by atoms with Gasteiger partial charge in [0.05, 0.1) is 33.5 Å². The SMILES string of the molecule is COC1=CC2=C(C3O[C@@H](c4cc(OC)c(O)c(OC)c4)[C@H](CO[Si](C)(C)C(C)(C)C)OC13)[Si](C)(C)OC2(C)C. The van der Waals surface area contributed by atoms with Gasteiger partial charge >= 0.3 is 0 Å². The molecule has 1 aliphatic carbocycles. The smallest absolute Gasteiger partial charge is 0.218 e. The van der Waals surface area contributed by atoms with Crippen LogP contribution in [0.3, 0.4) is 0 Å². The lowest BCUT2D eigenvalue weighted by atomic mass is 9.88. The van der Waals surface area contributed by atoms with Crippen LogP contribution in [0.15, 0.2) is 34.7 Å². The molecule has 218 valence electrons. The molecule has 1 saturated heterocycles. The first kappa shape index (κ1) is 30.1. The molecule has 0 saturated carbocycles. The van der Waals surface area contributed by atoms with E-state index in [0.29, 0.717) is 18.1 Å². The summed E-state index contributed by atoms with van der Waals surface area (Å²) < 4.78 is 44.1. The van der Waals surface area contributed by atoms with Crippen LogP contribution in [-0.2, 0) is 23.1 Å². The van der Waals surface area contributed by atoms with Gasteiger partial charge in [-0.25, -0.2) is 0 Å². The molecule has 2 heterocycles. The van der Waals surface area contributed by atoms with Crippen LogP contribution in [0.25, 0.3) is 0 Å². The van der Waals surface area contributed by atoms with E-state index >= 15 is 0 Å². The van der Waals surface area contributed by atoms with Gasteiger partial charge < -0.3 is 37.6 Å². The number of aromatic hydroxyl groups is 1. The molecule has 0 aromatic heterocycles. The lowest BCUT2D eigenvalue weighted by molar-refractivity contribution is -0.216. The lowest BCUT2D eigenvalue weighted by Crippen LogP contribution is -2.54. The van der Waals surface area contributed by atoms with Gasteiger partial charge in [0.15, 0.2) is 19.8 Å². The molecule has 0 radical (unpaired) electrons.